The number of rotatable bonds is 46. The van der Waals surface area contributed by atoms with Crippen LogP contribution in [0, 0.1) is 0 Å². The van der Waals surface area contributed by atoms with Gasteiger partial charge < -0.3 is 28.5 Å². The lowest BCUT2D eigenvalue weighted by Gasteiger charge is -2.25. The van der Waals surface area contributed by atoms with Gasteiger partial charge in [-0.3, -0.25) is 9.59 Å². The Labute approximate surface area is 392 Å². The Morgan fingerprint density at radius 2 is 0.891 bits per heavy atom. The molecule has 368 valence electrons. The normalized spacial score (nSPS) is 13.5. The molecule has 0 saturated carbocycles. The molecule has 0 aromatic rings. The Morgan fingerprint density at radius 3 is 1.33 bits per heavy atom. The maximum Gasteiger partial charge on any atom is 0.361 e. The minimum absolute atomic E-state index is 0.182. The second-order valence-corrected chi connectivity index (χ2v) is 18.1. The van der Waals surface area contributed by atoms with Gasteiger partial charge in [0.25, 0.3) is 6.29 Å². The molecule has 2 unspecified atom stereocenters. The molecule has 0 aromatic carbocycles. The molecule has 0 spiro atoms. The smallest absolute Gasteiger partial charge is 0.361 e. The highest BCUT2D eigenvalue weighted by atomic mass is 16.7. The average Bonchev–Trinajstić information content (AvgIpc) is 3.26. The summed E-state index contributed by atoms with van der Waals surface area (Å²) >= 11 is 0. The molecule has 0 saturated heterocycles. The fraction of sp³-hybridized carbons (Fsp3) is 0.727. The van der Waals surface area contributed by atoms with E-state index in [1.165, 1.54) is 70.6 Å². The topological polar surface area (TPSA) is 108 Å². The van der Waals surface area contributed by atoms with Crippen LogP contribution in [0.3, 0.4) is 0 Å². The number of carbonyl (C=O) groups is 3. The van der Waals surface area contributed by atoms with Crippen LogP contribution in [0.4, 0.5) is 0 Å². The minimum Gasteiger partial charge on any atom is -0.477 e. The van der Waals surface area contributed by atoms with Gasteiger partial charge in [0.1, 0.15) is 13.2 Å². The molecule has 0 aromatic heterocycles. The predicted octanol–water partition coefficient (Wildman–Crippen LogP) is 14.3. The van der Waals surface area contributed by atoms with Gasteiger partial charge in [-0.2, -0.15) is 0 Å². The predicted molar refractivity (Wildman–Crippen MR) is 267 cm³/mol. The van der Waals surface area contributed by atoms with Crippen molar-refractivity contribution in [2.75, 3.05) is 47.5 Å². The molecule has 2 atom stereocenters. The highest BCUT2D eigenvalue weighted by Crippen LogP contribution is 2.15. The summed E-state index contributed by atoms with van der Waals surface area (Å²) in [6.45, 7) is 4.70. The van der Waals surface area contributed by atoms with Crippen molar-refractivity contribution in [1.29, 1.82) is 0 Å². The summed E-state index contributed by atoms with van der Waals surface area (Å²) in [7, 11) is 5.95. The first kappa shape index (κ1) is 60.7. The van der Waals surface area contributed by atoms with E-state index in [4.69, 9.17) is 18.9 Å². The van der Waals surface area contributed by atoms with Crippen molar-refractivity contribution in [2.24, 2.45) is 0 Å². The molecule has 0 aliphatic carbocycles. The number of quaternary nitrogens is 1. The number of esters is 2. The zero-order valence-corrected chi connectivity index (χ0v) is 41.7. The van der Waals surface area contributed by atoms with Crippen molar-refractivity contribution in [3.8, 4) is 0 Å². The van der Waals surface area contributed by atoms with Gasteiger partial charge in [-0.25, -0.2) is 4.79 Å². The van der Waals surface area contributed by atoms with E-state index in [0.717, 1.165) is 96.3 Å². The quantitative estimate of drug-likeness (QED) is 0.0212. The van der Waals surface area contributed by atoms with Gasteiger partial charge >= 0.3 is 17.9 Å². The monoisotopic (exact) mass is 899 g/mol. The van der Waals surface area contributed by atoms with Crippen molar-refractivity contribution >= 4 is 17.9 Å². The van der Waals surface area contributed by atoms with Crippen LogP contribution in [0.1, 0.15) is 200 Å². The Bertz CT molecular complexity index is 1280. The van der Waals surface area contributed by atoms with Crippen LogP contribution in [-0.4, -0.2) is 87.4 Å². The van der Waals surface area contributed by atoms with Crippen LogP contribution in [-0.2, 0) is 33.3 Å². The van der Waals surface area contributed by atoms with E-state index < -0.39 is 24.3 Å². The number of aliphatic carboxylic acids is 1. The molecular weight excluding hydrogens is 803 g/mol. The van der Waals surface area contributed by atoms with Crippen molar-refractivity contribution in [1.82, 2.24) is 0 Å². The molecule has 0 fully saturated rings. The molecule has 1 N–H and O–H groups in total. The van der Waals surface area contributed by atoms with Crippen LogP contribution in [0.25, 0.3) is 0 Å². The van der Waals surface area contributed by atoms with Gasteiger partial charge in [0.05, 0.1) is 34.4 Å². The molecule has 0 radical (unpaired) electrons. The number of hydrogen-bond acceptors (Lipinski definition) is 7. The van der Waals surface area contributed by atoms with E-state index in [1.807, 2.05) is 21.1 Å². The summed E-state index contributed by atoms with van der Waals surface area (Å²) in [6.07, 6.45) is 55.4. The molecule has 9 heteroatoms. The number of ether oxygens (including phenoxy) is 4. The van der Waals surface area contributed by atoms with E-state index in [0.29, 0.717) is 17.4 Å². The zero-order valence-electron chi connectivity index (χ0n) is 41.7. The van der Waals surface area contributed by atoms with E-state index in [1.54, 1.807) is 0 Å². The number of carbonyl (C=O) groups excluding carboxylic acids is 2. The number of unbranched alkanes of at least 4 members (excludes halogenated alkanes) is 19. The Morgan fingerprint density at radius 1 is 0.484 bits per heavy atom. The lowest BCUT2D eigenvalue weighted by atomic mass is 10.0. The fourth-order valence-corrected chi connectivity index (χ4v) is 6.73. The largest absolute Gasteiger partial charge is 0.477 e. The molecule has 0 aliphatic heterocycles. The fourth-order valence-electron chi connectivity index (χ4n) is 6.73. The summed E-state index contributed by atoms with van der Waals surface area (Å²) in [5, 5.41) is 9.66. The molecule has 0 rings (SSSR count). The third-order valence-electron chi connectivity index (χ3n) is 10.7. The second kappa shape index (κ2) is 46.3. The summed E-state index contributed by atoms with van der Waals surface area (Å²) < 4.78 is 22.8. The van der Waals surface area contributed by atoms with Crippen LogP contribution in [0.15, 0.2) is 72.9 Å². The lowest BCUT2D eigenvalue weighted by Crippen LogP contribution is -2.40. The minimum atomic E-state index is -1.52. The van der Waals surface area contributed by atoms with Gasteiger partial charge in [-0.15, -0.1) is 0 Å². The summed E-state index contributed by atoms with van der Waals surface area (Å²) in [5.41, 5.74) is 0. The Kier molecular flexibility index (Phi) is 43.9. The number of carboxylic acid groups (broad SMARTS) is 1. The first-order chi connectivity index (χ1) is 31.1. The van der Waals surface area contributed by atoms with Gasteiger partial charge in [-0.05, 0) is 77.0 Å². The molecule has 0 heterocycles. The number of likely N-dealkylation sites (N-methyl/N-ethyl adjacent to an activating group) is 1. The average molecular weight is 899 g/mol. The zero-order chi connectivity index (χ0) is 47.0. The van der Waals surface area contributed by atoms with Gasteiger partial charge in [0.15, 0.2) is 6.10 Å². The molecule has 64 heavy (non-hydrogen) atoms. The van der Waals surface area contributed by atoms with Crippen LogP contribution < -0.4 is 0 Å². The number of allylic oxidation sites excluding steroid dienone is 12. The van der Waals surface area contributed by atoms with E-state index in [9.17, 15) is 19.5 Å². The summed E-state index contributed by atoms with van der Waals surface area (Å²) in [4.78, 5) is 37.2. The maximum absolute atomic E-state index is 12.8. The summed E-state index contributed by atoms with van der Waals surface area (Å²) in [5.74, 6) is -2.03. The second-order valence-electron chi connectivity index (χ2n) is 18.1. The lowest BCUT2D eigenvalue weighted by molar-refractivity contribution is -0.870. The molecule has 0 amide bonds. The van der Waals surface area contributed by atoms with Crippen molar-refractivity contribution < 1.29 is 42.9 Å². The molecule has 0 aliphatic rings. The Hall–Kier alpha value is -3.27. The number of carboxylic acids is 1. The van der Waals surface area contributed by atoms with Gasteiger partial charge in [0.2, 0.25) is 0 Å². The van der Waals surface area contributed by atoms with Crippen LogP contribution in [0.5, 0.6) is 0 Å². The van der Waals surface area contributed by atoms with Crippen LogP contribution in [0.2, 0.25) is 0 Å². The van der Waals surface area contributed by atoms with Crippen LogP contribution >= 0.6 is 0 Å². The molecule has 9 nitrogen and oxygen atoms in total. The van der Waals surface area contributed by atoms with E-state index in [-0.39, 0.29) is 38.6 Å². The molecule has 0 bridgehead atoms. The van der Waals surface area contributed by atoms with Crippen molar-refractivity contribution in [3.05, 3.63) is 72.9 Å². The highest BCUT2D eigenvalue weighted by molar-refractivity contribution is 5.71. The first-order valence-corrected chi connectivity index (χ1v) is 25.6. The standard InChI is InChI=1S/C55H95NO8/c1-6-8-10-12-14-16-18-20-22-23-24-25-26-27-28-29-30-31-32-34-36-38-40-42-44-46-53(58)64-51(50-63-55(54(59)60)61-48-47-56(3,4)5)49-62-52(57)45-43-41-39-37-35-33-21-19-17-15-13-11-9-7-2/h8,10,13-16,19-22,24-25,51,55H,6-7,9,11-12,17-18,23,26-50H2,1-5H3/p+1/b10-8-,15-13-,16-14-,21-19-,22-20-,25-24-. The van der Waals surface area contributed by atoms with Crippen molar-refractivity contribution in [3.63, 3.8) is 0 Å². The highest BCUT2D eigenvalue weighted by Gasteiger charge is 2.25. The first-order valence-electron chi connectivity index (χ1n) is 25.6. The maximum atomic E-state index is 12.8. The summed E-state index contributed by atoms with van der Waals surface area (Å²) in [6, 6.07) is 0. The van der Waals surface area contributed by atoms with Gasteiger partial charge in [-0.1, -0.05) is 183 Å². The third kappa shape index (κ3) is 46.7. The number of nitrogens with zero attached hydrogens (tertiary/aromatic N) is 1. The van der Waals surface area contributed by atoms with E-state index >= 15 is 0 Å². The third-order valence-corrected chi connectivity index (χ3v) is 10.7. The molecular formula is C55H96NO8+. The van der Waals surface area contributed by atoms with Gasteiger partial charge in [0, 0.05) is 12.8 Å². The van der Waals surface area contributed by atoms with E-state index in [2.05, 4.69) is 86.8 Å². The Balaban J connectivity index is 4.30. The van der Waals surface area contributed by atoms with Crippen molar-refractivity contribution in [2.45, 2.75) is 212 Å². The number of hydrogen-bond donors (Lipinski definition) is 1. The SMILES string of the molecule is CC/C=C\C/C=C\C/C=C\C/C=C\CCCCCCCCCCCCCCC(=O)OC(COC(=O)CCCCCCC/C=C\C/C=C\CCCC)COC(OCC[N+](C)(C)C)C(=O)O.